The zero-order valence-corrected chi connectivity index (χ0v) is 17.7. The molecule has 30 heavy (non-hydrogen) atoms. The Bertz CT molecular complexity index is 908. The number of fused-ring (bicyclic) bond motifs is 1. The van der Waals surface area contributed by atoms with Crippen LogP contribution < -0.4 is 18.9 Å². The molecule has 0 saturated heterocycles. The number of carboxylic acids is 1. The highest BCUT2D eigenvalue weighted by atomic mass is 32.3. The summed E-state index contributed by atoms with van der Waals surface area (Å²) in [5, 5.41) is 9.41. The van der Waals surface area contributed by atoms with Crippen LogP contribution in [0.25, 0.3) is 0 Å². The Morgan fingerprint density at radius 3 is 2.67 bits per heavy atom. The highest BCUT2D eigenvalue weighted by Gasteiger charge is 2.26. The molecule has 0 aromatic heterocycles. The normalized spacial score (nSPS) is 21.3. The molecule has 2 aromatic rings. The van der Waals surface area contributed by atoms with Crippen LogP contribution in [-0.2, 0) is 8.92 Å². The molecule has 3 rings (SSSR count). The molecule has 1 aliphatic heterocycles. The van der Waals surface area contributed by atoms with Crippen LogP contribution in [0, 0.1) is 0 Å². The third-order valence-electron chi connectivity index (χ3n) is 4.21. The molecule has 1 heterocycles. The predicted molar refractivity (Wildman–Crippen MR) is 111 cm³/mol. The van der Waals surface area contributed by atoms with E-state index in [9.17, 15) is 14.5 Å². The SMILES string of the molecule is COC[C@H](C)Oc1cc(Oc2ccc3c(c2)OCCNS3(O)OC)cc(C(=O)O)c1. The third kappa shape index (κ3) is 5.15. The monoisotopic (exact) mass is 439 g/mol. The van der Waals surface area contributed by atoms with Gasteiger partial charge in [-0.05, 0) is 31.2 Å². The number of hydrogen-bond donors (Lipinski definition) is 3. The molecule has 1 aliphatic rings. The van der Waals surface area contributed by atoms with Crippen LogP contribution in [0.15, 0.2) is 41.3 Å². The summed E-state index contributed by atoms with van der Waals surface area (Å²) in [6, 6.07) is 9.36. The number of aromatic carboxylic acids is 1. The second kappa shape index (κ2) is 9.54. The minimum Gasteiger partial charge on any atom is -0.490 e. The zero-order chi connectivity index (χ0) is 21.7. The van der Waals surface area contributed by atoms with Gasteiger partial charge in [0.25, 0.3) is 0 Å². The summed E-state index contributed by atoms with van der Waals surface area (Å²) in [7, 11) is 0.335. The number of ether oxygens (including phenoxy) is 4. The average Bonchev–Trinajstić information content (AvgIpc) is 2.87. The van der Waals surface area contributed by atoms with E-state index < -0.39 is 16.7 Å². The lowest BCUT2D eigenvalue weighted by atomic mass is 10.2. The third-order valence-corrected chi connectivity index (χ3v) is 6.22. The van der Waals surface area contributed by atoms with E-state index in [2.05, 4.69) is 4.72 Å². The van der Waals surface area contributed by atoms with Crippen LogP contribution in [-0.4, -0.2) is 55.7 Å². The van der Waals surface area contributed by atoms with Gasteiger partial charge in [0.05, 0.1) is 19.3 Å². The Balaban J connectivity index is 1.89. The van der Waals surface area contributed by atoms with E-state index in [1.54, 1.807) is 31.4 Å². The maximum absolute atomic E-state index is 11.5. The molecule has 0 saturated carbocycles. The van der Waals surface area contributed by atoms with Crippen molar-refractivity contribution >= 4 is 16.7 Å². The van der Waals surface area contributed by atoms with Gasteiger partial charge in [0.1, 0.15) is 40.6 Å². The molecule has 0 bridgehead atoms. The van der Waals surface area contributed by atoms with Gasteiger partial charge in [0, 0.05) is 25.8 Å². The lowest BCUT2D eigenvalue weighted by Crippen LogP contribution is -2.23. The van der Waals surface area contributed by atoms with Gasteiger partial charge in [-0.3, -0.25) is 8.74 Å². The van der Waals surface area contributed by atoms with Crippen molar-refractivity contribution in [2.45, 2.75) is 17.9 Å². The molecule has 1 unspecified atom stereocenters. The smallest absolute Gasteiger partial charge is 0.335 e. The van der Waals surface area contributed by atoms with E-state index in [1.165, 1.54) is 19.2 Å². The number of carboxylic acid groups (broad SMARTS) is 1. The van der Waals surface area contributed by atoms with Crippen LogP contribution in [0.4, 0.5) is 0 Å². The Hall–Kier alpha value is -2.50. The van der Waals surface area contributed by atoms with E-state index >= 15 is 0 Å². The molecular formula is C20H25NO8S. The van der Waals surface area contributed by atoms with Crippen molar-refractivity contribution in [1.82, 2.24) is 4.72 Å². The van der Waals surface area contributed by atoms with Crippen molar-refractivity contribution in [3.05, 3.63) is 42.0 Å². The Kier molecular flexibility index (Phi) is 7.06. The van der Waals surface area contributed by atoms with Crippen LogP contribution in [0.2, 0.25) is 0 Å². The molecule has 0 spiro atoms. The summed E-state index contributed by atoms with van der Waals surface area (Å²) in [6.45, 7) is 2.94. The van der Waals surface area contributed by atoms with Crippen molar-refractivity contribution in [2.75, 3.05) is 34.0 Å². The summed E-state index contributed by atoms with van der Waals surface area (Å²) in [5.41, 5.74) is 0.0283. The second-order valence-electron chi connectivity index (χ2n) is 6.53. The summed E-state index contributed by atoms with van der Waals surface area (Å²) in [6.07, 6.45) is -0.269. The molecule has 2 aromatic carbocycles. The minimum absolute atomic E-state index is 0.0283. The lowest BCUT2D eigenvalue weighted by Gasteiger charge is -2.36. The van der Waals surface area contributed by atoms with Crippen LogP contribution in [0.5, 0.6) is 23.0 Å². The van der Waals surface area contributed by atoms with Gasteiger partial charge in [-0.2, -0.15) is 0 Å². The first-order valence-electron chi connectivity index (χ1n) is 9.19. The Morgan fingerprint density at radius 1 is 1.20 bits per heavy atom. The Labute approximate surface area is 176 Å². The molecule has 0 fully saturated rings. The largest absolute Gasteiger partial charge is 0.490 e. The molecule has 164 valence electrons. The lowest BCUT2D eigenvalue weighted by molar-refractivity contribution is 0.0693. The maximum Gasteiger partial charge on any atom is 0.335 e. The molecule has 3 N–H and O–H groups in total. The number of benzene rings is 2. The van der Waals surface area contributed by atoms with E-state index in [0.717, 1.165) is 0 Å². The fraction of sp³-hybridized carbons (Fsp3) is 0.350. The number of carbonyl (C=O) groups is 1. The number of methoxy groups -OCH3 is 1. The van der Waals surface area contributed by atoms with Crippen molar-refractivity contribution in [2.24, 2.45) is 0 Å². The molecule has 10 heteroatoms. The first-order chi connectivity index (χ1) is 14.3. The van der Waals surface area contributed by atoms with Gasteiger partial charge in [0.2, 0.25) is 0 Å². The second-order valence-corrected chi connectivity index (χ2v) is 8.64. The first-order valence-corrected chi connectivity index (χ1v) is 10.7. The molecule has 2 atom stereocenters. The maximum atomic E-state index is 11.5. The van der Waals surface area contributed by atoms with E-state index in [0.29, 0.717) is 41.9 Å². The number of nitrogens with one attached hydrogen (secondary N) is 1. The quantitative estimate of drug-likeness (QED) is 0.566. The molecular weight excluding hydrogens is 414 g/mol. The van der Waals surface area contributed by atoms with Crippen molar-refractivity contribution in [1.29, 1.82) is 0 Å². The minimum atomic E-state index is -2.65. The van der Waals surface area contributed by atoms with Crippen molar-refractivity contribution in [3.8, 4) is 23.0 Å². The summed E-state index contributed by atoms with van der Waals surface area (Å²) in [4.78, 5) is 12.0. The topological polar surface area (TPSA) is 116 Å². The van der Waals surface area contributed by atoms with Crippen molar-refractivity contribution in [3.63, 3.8) is 0 Å². The fourth-order valence-electron chi connectivity index (χ4n) is 2.92. The van der Waals surface area contributed by atoms with Crippen molar-refractivity contribution < 1.29 is 37.6 Å². The molecule has 0 amide bonds. The Morgan fingerprint density at radius 2 is 1.97 bits per heavy atom. The van der Waals surface area contributed by atoms with Crippen LogP contribution >= 0.6 is 10.8 Å². The average molecular weight is 439 g/mol. The van der Waals surface area contributed by atoms with Crippen LogP contribution in [0.1, 0.15) is 17.3 Å². The zero-order valence-electron chi connectivity index (χ0n) is 16.9. The van der Waals surface area contributed by atoms with Gasteiger partial charge in [-0.15, -0.1) is 10.8 Å². The van der Waals surface area contributed by atoms with E-state index in [1.807, 2.05) is 6.92 Å². The standard InChI is InChI=1S/C20H25NO8S/c1-13(12-25-2)28-16-8-14(20(22)23)9-17(10-16)29-15-4-5-19-18(11-15)27-7-6-21-30(19,24)26-3/h4-5,8-11,13,21,24H,6-7,12H2,1-3H3,(H,22,23)/t13-/m0/s1. The summed E-state index contributed by atoms with van der Waals surface area (Å²) < 4.78 is 41.3. The van der Waals surface area contributed by atoms with Gasteiger partial charge < -0.3 is 24.1 Å². The van der Waals surface area contributed by atoms with Gasteiger partial charge >= 0.3 is 5.97 Å². The molecule has 9 nitrogen and oxygen atoms in total. The predicted octanol–water partition coefficient (Wildman–Crippen LogP) is 3.69. The summed E-state index contributed by atoms with van der Waals surface area (Å²) in [5.74, 6) is 0.372. The highest BCUT2D eigenvalue weighted by Crippen LogP contribution is 2.54. The number of rotatable bonds is 8. The van der Waals surface area contributed by atoms with Gasteiger partial charge in [-0.1, -0.05) is 0 Å². The first kappa shape index (κ1) is 22.2. The van der Waals surface area contributed by atoms with Gasteiger partial charge in [-0.25, -0.2) is 9.52 Å². The van der Waals surface area contributed by atoms with E-state index in [4.69, 9.17) is 23.1 Å². The van der Waals surface area contributed by atoms with E-state index in [-0.39, 0.29) is 17.4 Å². The van der Waals surface area contributed by atoms with Crippen LogP contribution in [0.3, 0.4) is 0 Å². The van der Waals surface area contributed by atoms with Gasteiger partial charge in [0.15, 0.2) is 0 Å². The molecule has 0 radical (unpaired) electrons. The number of hydrogen-bond acceptors (Lipinski definition) is 8. The molecule has 0 aliphatic carbocycles. The summed E-state index contributed by atoms with van der Waals surface area (Å²) >= 11 is 0. The highest BCUT2D eigenvalue weighted by molar-refractivity contribution is 8.23. The fourth-order valence-corrected chi connectivity index (χ4v) is 4.38.